The van der Waals surface area contributed by atoms with Gasteiger partial charge in [-0.2, -0.15) is 0 Å². The highest BCUT2D eigenvalue weighted by Gasteiger charge is 2.16. The van der Waals surface area contributed by atoms with Crippen molar-refractivity contribution in [2.75, 3.05) is 16.8 Å². The van der Waals surface area contributed by atoms with Crippen LogP contribution in [0.1, 0.15) is 0 Å². The molecule has 0 unspecified atom stereocenters. The summed E-state index contributed by atoms with van der Waals surface area (Å²) < 4.78 is 0. The van der Waals surface area contributed by atoms with Gasteiger partial charge in [0.1, 0.15) is 5.69 Å². The minimum absolute atomic E-state index is 0.417. The predicted octanol–water partition coefficient (Wildman–Crippen LogP) is 11.8. The zero-order chi connectivity index (χ0) is 30.6. The molecule has 0 amide bonds. The number of nitrogens with zero attached hydrogens (tertiary/aromatic N) is 3. The van der Waals surface area contributed by atoms with E-state index in [1.165, 1.54) is 21.9 Å². The maximum Gasteiger partial charge on any atom is 0.110 e. The van der Waals surface area contributed by atoms with Crippen LogP contribution < -0.4 is 9.80 Å². The first-order valence-corrected chi connectivity index (χ1v) is 15.0. The highest BCUT2D eigenvalue weighted by Crippen LogP contribution is 2.40. The third-order valence-electron chi connectivity index (χ3n) is 8.28. The van der Waals surface area contributed by atoms with E-state index in [-0.39, 0.29) is 0 Å². The maximum atomic E-state index is 11.0. The molecule has 0 saturated carbocycles. The lowest BCUT2D eigenvalue weighted by Crippen LogP contribution is -2.10. The van der Waals surface area contributed by atoms with Crippen molar-refractivity contribution in [3.63, 3.8) is 0 Å². The SMILES string of the molecule is CN(c1ccc(-c2ccc(N(c3ccc(-c4ccccc4)cc3)c3cccc4ccccc34)cc2)cc1)c1cccc(N=O)c1. The van der Waals surface area contributed by atoms with Gasteiger partial charge >= 0.3 is 0 Å². The molecule has 0 aliphatic heterocycles. The summed E-state index contributed by atoms with van der Waals surface area (Å²) in [5.41, 5.74) is 10.3. The van der Waals surface area contributed by atoms with Gasteiger partial charge in [0.2, 0.25) is 0 Å². The number of fused-ring (bicyclic) bond motifs is 1. The Kier molecular flexibility index (Phi) is 7.61. The van der Waals surface area contributed by atoms with Crippen LogP contribution in [0.5, 0.6) is 0 Å². The minimum atomic E-state index is 0.417. The van der Waals surface area contributed by atoms with Crippen LogP contribution in [0, 0.1) is 4.91 Å². The van der Waals surface area contributed by atoms with E-state index in [0.717, 1.165) is 39.6 Å². The van der Waals surface area contributed by atoms with Gasteiger partial charge in [0.15, 0.2) is 0 Å². The Balaban J connectivity index is 1.22. The van der Waals surface area contributed by atoms with Gasteiger partial charge in [-0.3, -0.25) is 0 Å². The van der Waals surface area contributed by atoms with Gasteiger partial charge in [-0.1, -0.05) is 109 Å². The molecular weight excluding hydrogens is 550 g/mol. The second-order valence-corrected chi connectivity index (χ2v) is 11.0. The van der Waals surface area contributed by atoms with Gasteiger partial charge in [0.25, 0.3) is 0 Å². The number of hydrogen-bond acceptors (Lipinski definition) is 4. The molecule has 216 valence electrons. The average Bonchev–Trinajstić information content (AvgIpc) is 3.12. The molecular formula is C41H31N3O. The van der Waals surface area contributed by atoms with E-state index in [9.17, 15) is 4.91 Å². The smallest absolute Gasteiger partial charge is 0.110 e. The molecule has 7 aromatic rings. The molecule has 0 aliphatic rings. The summed E-state index contributed by atoms with van der Waals surface area (Å²) in [5.74, 6) is 0. The molecule has 4 nitrogen and oxygen atoms in total. The molecule has 45 heavy (non-hydrogen) atoms. The van der Waals surface area contributed by atoms with Gasteiger partial charge in [0, 0.05) is 35.2 Å². The highest BCUT2D eigenvalue weighted by molar-refractivity contribution is 5.99. The van der Waals surface area contributed by atoms with Crippen LogP contribution in [0.25, 0.3) is 33.0 Å². The Morgan fingerprint density at radius 1 is 0.444 bits per heavy atom. The second-order valence-electron chi connectivity index (χ2n) is 11.0. The van der Waals surface area contributed by atoms with Gasteiger partial charge in [-0.25, -0.2) is 0 Å². The van der Waals surface area contributed by atoms with Crippen LogP contribution >= 0.6 is 0 Å². The fourth-order valence-electron chi connectivity index (χ4n) is 5.85. The Morgan fingerprint density at radius 2 is 0.956 bits per heavy atom. The first kappa shape index (κ1) is 27.8. The Bertz CT molecular complexity index is 2070. The van der Waals surface area contributed by atoms with Gasteiger partial charge in [-0.05, 0) is 93.5 Å². The van der Waals surface area contributed by atoms with Crippen LogP contribution in [-0.4, -0.2) is 7.05 Å². The number of hydrogen-bond donors (Lipinski definition) is 0. The van der Waals surface area contributed by atoms with Crippen molar-refractivity contribution in [1.82, 2.24) is 0 Å². The molecule has 0 heterocycles. The third-order valence-corrected chi connectivity index (χ3v) is 8.28. The molecule has 0 aromatic heterocycles. The monoisotopic (exact) mass is 581 g/mol. The standard InChI is InChI=1S/C41H31N3O/c1-43(39-14-8-13-35(29-39)42-45)36-23-17-32(18-24-36)33-21-27-38(28-22-33)44(41-16-7-12-34-11-5-6-15-40(34)41)37-25-19-31(20-26-37)30-9-3-2-4-10-30/h2-29H,1H3. The lowest BCUT2D eigenvalue weighted by Gasteiger charge is -2.27. The minimum Gasteiger partial charge on any atom is -0.345 e. The Morgan fingerprint density at radius 3 is 1.58 bits per heavy atom. The molecule has 7 rings (SSSR count). The van der Waals surface area contributed by atoms with Crippen LogP contribution in [0.3, 0.4) is 0 Å². The molecule has 0 atom stereocenters. The van der Waals surface area contributed by atoms with E-state index in [1.54, 1.807) is 12.1 Å². The summed E-state index contributed by atoms with van der Waals surface area (Å²) in [4.78, 5) is 15.4. The van der Waals surface area contributed by atoms with E-state index in [2.05, 4.69) is 150 Å². The van der Waals surface area contributed by atoms with Crippen molar-refractivity contribution >= 4 is 44.9 Å². The number of benzene rings is 7. The van der Waals surface area contributed by atoms with Crippen LogP contribution in [0.15, 0.2) is 175 Å². The summed E-state index contributed by atoms with van der Waals surface area (Å²) in [6.07, 6.45) is 0. The Labute approximate surface area is 263 Å². The molecule has 0 radical (unpaired) electrons. The second kappa shape index (κ2) is 12.3. The predicted molar refractivity (Wildman–Crippen MR) is 189 cm³/mol. The van der Waals surface area contributed by atoms with Crippen molar-refractivity contribution in [1.29, 1.82) is 0 Å². The summed E-state index contributed by atoms with van der Waals surface area (Å²) >= 11 is 0. The van der Waals surface area contributed by atoms with Crippen LogP contribution in [-0.2, 0) is 0 Å². The number of rotatable bonds is 8. The van der Waals surface area contributed by atoms with E-state index in [1.807, 2.05) is 30.1 Å². The molecule has 7 aromatic carbocycles. The molecule has 0 bridgehead atoms. The molecule has 0 spiro atoms. The van der Waals surface area contributed by atoms with E-state index < -0.39 is 0 Å². The van der Waals surface area contributed by atoms with Crippen molar-refractivity contribution in [2.24, 2.45) is 5.18 Å². The van der Waals surface area contributed by atoms with Crippen molar-refractivity contribution in [3.05, 3.63) is 175 Å². The summed E-state index contributed by atoms with van der Waals surface area (Å²) in [7, 11) is 1.99. The van der Waals surface area contributed by atoms with Crippen molar-refractivity contribution in [2.45, 2.75) is 0 Å². The van der Waals surface area contributed by atoms with Gasteiger partial charge < -0.3 is 9.80 Å². The zero-order valence-corrected chi connectivity index (χ0v) is 24.9. The third kappa shape index (κ3) is 5.69. The average molecular weight is 582 g/mol. The lowest BCUT2D eigenvalue weighted by atomic mass is 10.0. The fraction of sp³-hybridized carbons (Fsp3) is 0.0244. The fourth-order valence-corrected chi connectivity index (χ4v) is 5.85. The van der Waals surface area contributed by atoms with Crippen LogP contribution in [0.2, 0.25) is 0 Å². The van der Waals surface area contributed by atoms with Crippen molar-refractivity contribution < 1.29 is 0 Å². The normalized spacial score (nSPS) is 10.9. The molecule has 0 saturated heterocycles. The van der Waals surface area contributed by atoms with Gasteiger partial charge in [-0.15, -0.1) is 4.91 Å². The van der Waals surface area contributed by atoms with Crippen molar-refractivity contribution in [3.8, 4) is 22.3 Å². The topological polar surface area (TPSA) is 35.9 Å². The zero-order valence-electron chi connectivity index (χ0n) is 24.9. The molecule has 0 fully saturated rings. The quantitative estimate of drug-likeness (QED) is 0.167. The first-order chi connectivity index (χ1) is 22.2. The summed E-state index contributed by atoms with van der Waals surface area (Å²) in [5, 5.41) is 5.47. The number of nitroso groups, excluding NO2 is 1. The largest absolute Gasteiger partial charge is 0.345 e. The maximum absolute atomic E-state index is 11.0. The Hall–Kier alpha value is -6.00. The van der Waals surface area contributed by atoms with E-state index in [4.69, 9.17) is 0 Å². The van der Waals surface area contributed by atoms with E-state index >= 15 is 0 Å². The van der Waals surface area contributed by atoms with Crippen LogP contribution in [0.4, 0.5) is 34.1 Å². The summed E-state index contributed by atoms with van der Waals surface area (Å²) in [6.45, 7) is 0. The highest BCUT2D eigenvalue weighted by atomic mass is 16.3. The molecule has 0 aliphatic carbocycles. The molecule has 0 N–H and O–H groups in total. The first-order valence-electron chi connectivity index (χ1n) is 15.0. The summed E-state index contributed by atoms with van der Waals surface area (Å²) in [6, 6.07) is 58.8. The lowest BCUT2D eigenvalue weighted by molar-refractivity contribution is 1.21. The van der Waals surface area contributed by atoms with E-state index in [0.29, 0.717) is 5.69 Å². The number of anilines is 5. The molecule has 4 heteroatoms. The van der Waals surface area contributed by atoms with Gasteiger partial charge in [0.05, 0.1) is 5.69 Å².